The summed E-state index contributed by atoms with van der Waals surface area (Å²) in [5, 5.41) is 7.31. The second-order valence-corrected chi connectivity index (χ2v) is 7.32. The van der Waals surface area contributed by atoms with Gasteiger partial charge in [-0.2, -0.15) is 5.10 Å². The Hall–Kier alpha value is -3.42. The summed E-state index contributed by atoms with van der Waals surface area (Å²) in [5.74, 6) is 1.33. The summed E-state index contributed by atoms with van der Waals surface area (Å²) in [6, 6.07) is 10.9. The van der Waals surface area contributed by atoms with Crippen molar-refractivity contribution >= 4 is 5.91 Å². The van der Waals surface area contributed by atoms with Crippen molar-refractivity contribution in [1.82, 2.24) is 24.6 Å². The van der Waals surface area contributed by atoms with E-state index in [-0.39, 0.29) is 11.6 Å². The number of fused-ring (bicyclic) bond motifs is 1. The van der Waals surface area contributed by atoms with Gasteiger partial charge in [0.25, 0.3) is 5.91 Å². The lowest BCUT2D eigenvalue weighted by Gasteiger charge is -2.09. The molecular formula is C22H25N5O3. The summed E-state index contributed by atoms with van der Waals surface area (Å²) in [6.07, 6.45) is 7.07. The highest BCUT2D eigenvalue weighted by molar-refractivity contribution is 5.94. The Bertz CT molecular complexity index is 1060. The molecule has 0 bridgehead atoms. The van der Waals surface area contributed by atoms with Crippen molar-refractivity contribution in [1.29, 1.82) is 0 Å². The SMILES string of the molecule is O=C(NCCCn1nc2n(c1=O)CCCC2)c1cccc(OCc2cccnc2)c1. The highest BCUT2D eigenvalue weighted by Crippen LogP contribution is 2.15. The van der Waals surface area contributed by atoms with Crippen LogP contribution in [0.2, 0.25) is 0 Å². The van der Waals surface area contributed by atoms with Gasteiger partial charge in [0, 0.05) is 49.6 Å². The average molecular weight is 407 g/mol. The summed E-state index contributed by atoms with van der Waals surface area (Å²) >= 11 is 0. The molecule has 1 amide bonds. The van der Waals surface area contributed by atoms with E-state index in [2.05, 4.69) is 15.4 Å². The maximum Gasteiger partial charge on any atom is 0.345 e. The second kappa shape index (κ2) is 9.39. The zero-order valence-electron chi connectivity index (χ0n) is 16.8. The van der Waals surface area contributed by atoms with E-state index < -0.39 is 0 Å². The van der Waals surface area contributed by atoms with Crippen molar-refractivity contribution in [3.05, 3.63) is 76.2 Å². The van der Waals surface area contributed by atoms with Gasteiger partial charge in [0.15, 0.2) is 0 Å². The molecule has 8 nitrogen and oxygen atoms in total. The van der Waals surface area contributed by atoms with Gasteiger partial charge in [-0.05, 0) is 43.5 Å². The topological polar surface area (TPSA) is 91.0 Å². The molecule has 0 atom stereocenters. The predicted molar refractivity (Wildman–Crippen MR) is 111 cm³/mol. The molecule has 0 saturated heterocycles. The fourth-order valence-electron chi connectivity index (χ4n) is 3.50. The lowest BCUT2D eigenvalue weighted by molar-refractivity contribution is 0.0952. The molecule has 1 aliphatic rings. The van der Waals surface area contributed by atoms with Gasteiger partial charge in [0.05, 0.1) is 0 Å². The molecule has 8 heteroatoms. The number of nitrogens with one attached hydrogen (secondary N) is 1. The Balaban J connectivity index is 1.26. The van der Waals surface area contributed by atoms with Gasteiger partial charge in [-0.1, -0.05) is 12.1 Å². The second-order valence-electron chi connectivity index (χ2n) is 7.32. The van der Waals surface area contributed by atoms with Crippen molar-refractivity contribution in [2.45, 2.75) is 45.4 Å². The molecule has 0 spiro atoms. The molecule has 4 rings (SSSR count). The minimum Gasteiger partial charge on any atom is -0.489 e. The third kappa shape index (κ3) is 4.76. The van der Waals surface area contributed by atoms with Gasteiger partial charge < -0.3 is 10.1 Å². The number of amides is 1. The number of hydrogen-bond donors (Lipinski definition) is 1. The molecule has 0 radical (unpaired) electrons. The van der Waals surface area contributed by atoms with Crippen molar-refractivity contribution in [2.75, 3.05) is 6.54 Å². The van der Waals surface area contributed by atoms with E-state index in [4.69, 9.17) is 4.74 Å². The summed E-state index contributed by atoms with van der Waals surface area (Å²) in [6.45, 7) is 2.11. The molecule has 0 fully saturated rings. The minimum absolute atomic E-state index is 0.0468. The van der Waals surface area contributed by atoms with Gasteiger partial charge >= 0.3 is 5.69 Å². The standard InChI is InChI=1S/C22H25N5O3/c28-21(18-7-3-8-19(14-18)30-16-17-6-4-10-23-15-17)24-11-5-13-27-22(29)26-12-2-1-9-20(26)25-27/h3-4,6-8,10,14-15H,1-2,5,9,11-13,16H2,(H,24,28). The molecule has 1 aromatic carbocycles. The van der Waals surface area contributed by atoms with E-state index in [0.717, 1.165) is 37.2 Å². The number of benzene rings is 1. The van der Waals surface area contributed by atoms with Crippen LogP contribution < -0.4 is 15.7 Å². The van der Waals surface area contributed by atoms with Gasteiger partial charge in [-0.15, -0.1) is 0 Å². The highest BCUT2D eigenvalue weighted by atomic mass is 16.5. The Labute approximate surface area is 174 Å². The zero-order chi connectivity index (χ0) is 20.8. The Kier molecular flexibility index (Phi) is 6.22. The fourth-order valence-corrected chi connectivity index (χ4v) is 3.50. The van der Waals surface area contributed by atoms with Crippen LogP contribution in [0, 0.1) is 0 Å². The lowest BCUT2D eigenvalue weighted by atomic mass is 10.2. The van der Waals surface area contributed by atoms with Gasteiger partial charge in [0.2, 0.25) is 0 Å². The monoisotopic (exact) mass is 407 g/mol. The van der Waals surface area contributed by atoms with Gasteiger partial charge in [-0.3, -0.25) is 14.3 Å². The van der Waals surface area contributed by atoms with Crippen LogP contribution in [-0.2, 0) is 26.1 Å². The Morgan fingerprint density at radius 3 is 2.97 bits per heavy atom. The first kappa shape index (κ1) is 19.9. The van der Waals surface area contributed by atoms with Crippen LogP contribution in [0.25, 0.3) is 0 Å². The van der Waals surface area contributed by atoms with E-state index in [9.17, 15) is 9.59 Å². The molecule has 156 valence electrons. The number of pyridine rings is 1. The number of aromatic nitrogens is 4. The van der Waals surface area contributed by atoms with Crippen LogP contribution in [0.15, 0.2) is 53.6 Å². The molecule has 0 saturated carbocycles. The number of carbonyl (C=O) groups excluding carboxylic acids is 1. The number of carbonyl (C=O) groups is 1. The summed E-state index contributed by atoms with van der Waals surface area (Å²) in [7, 11) is 0. The van der Waals surface area contributed by atoms with Crippen LogP contribution in [0.3, 0.4) is 0 Å². The van der Waals surface area contributed by atoms with E-state index in [1.807, 2.05) is 18.2 Å². The number of ether oxygens (including phenoxy) is 1. The highest BCUT2D eigenvalue weighted by Gasteiger charge is 2.16. The fraction of sp³-hybridized carbons (Fsp3) is 0.364. The normalized spacial score (nSPS) is 12.9. The number of hydrogen-bond acceptors (Lipinski definition) is 5. The predicted octanol–water partition coefficient (Wildman–Crippen LogP) is 2.18. The van der Waals surface area contributed by atoms with E-state index >= 15 is 0 Å². The molecule has 1 N–H and O–H groups in total. The molecule has 2 aromatic heterocycles. The van der Waals surface area contributed by atoms with E-state index in [1.165, 1.54) is 4.68 Å². The Morgan fingerprint density at radius 2 is 2.13 bits per heavy atom. The average Bonchev–Trinajstić information content (AvgIpc) is 3.12. The molecule has 0 aliphatic carbocycles. The summed E-state index contributed by atoms with van der Waals surface area (Å²) < 4.78 is 9.03. The van der Waals surface area contributed by atoms with Gasteiger partial charge in [-0.25, -0.2) is 9.48 Å². The van der Waals surface area contributed by atoms with Crippen molar-refractivity contribution in [3.8, 4) is 5.75 Å². The number of nitrogens with zero attached hydrogens (tertiary/aromatic N) is 4. The van der Waals surface area contributed by atoms with Crippen molar-refractivity contribution < 1.29 is 9.53 Å². The molecule has 0 unspecified atom stereocenters. The molecule has 1 aliphatic heterocycles. The van der Waals surface area contributed by atoms with Crippen molar-refractivity contribution in [2.24, 2.45) is 0 Å². The van der Waals surface area contributed by atoms with E-state index in [0.29, 0.717) is 37.4 Å². The molecular weight excluding hydrogens is 382 g/mol. The van der Waals surface area contributed by atoms with Crippen LogP contribution in [0.1, 0.15) is 41.0 Å². The van der Waals surface area contributed by atoms with Gasteiger partial charge in [0.1, 0.15) is 18.2 Å². The molecule has 30 heavy (non-hydrogen) atoms. The quantitative estimate of drug-likeness (QED) is 0.578. The maximum atomic E-state index is 12.4. The minimum atomic E-state index is -0.168. The first-order valence-electron chi connectivity index (χ1n) is 10.3. The largest absolute Gasteiger partial charge is 0.489 e. The van der Waals surface area contributed by atoms with Crippen LogP contribution in [0.5, 0.6) is 5.75 Å². The molecule has 3 aromatic rings. The number of aryl methyl sites for hydroxylation is 2. The van der Waals surface area contributed by atoms with Crippen LogP contribution in [0.4, 0.5) is 0 Å². The third-order valence-corrected chi connectivity index (χ3v) is 5.09. The summed E-state index contributed by atoms with van der Waals surface area (Å²) in [4.78, 5) is 28.8. The summed E-state index contributed by atoms with van der Waals surface area (Å²) in [5.41, 5.74) is 1.45. The number of rotatable bonds is 8. The first-order chi connectivity index (χ1) is 14.7. The van der Waals surface area contributed by atoms with Crippen molar-refractivity contribution in [3.63, 3.8) is 0 Å². The lowest BCUT2D eigenvalue weighted by Crippen LogP contribution is -2.29. The first-order valence-corrected chi connectivity index (χ1v) is 10.3. The van der Waals surface area contributed by atoms with Crippen LogP contribution >= 0.6 is 0 Å². The molecule has 3 heterocycles. The maximum absolute atomic E-state index is 12.4. The zero-order valence-corrected chi connectivity index (χ0v) is 16.8. The Morgan fingerprint density at radius 1 is 1.20 bits per heavy atom. The smallest absolute Gasteiger partial charge is 0.345 e. The van der Waals surface area contributed by atoms with E-state index in [1.54, 1.807) is 35.2 Å². The third-order valence-electron chi connectivity index (χ3n) is 5.09. The van der Waals surface area contributed by atoms with Crippen LogP contribution in [-0.4, -0.2) is 31.8 Å².